The summed E-state index contributed by atoms with van der Waals surface area (Å²) in [7, 11) is 0. The summed E-state index contributed by atoms with van der Waals surface area (Å²) >= 11 is 12.3. The van der Waals surface area contributed by atoms with Crippen LogP contribution in [0.25, 0.3) is 10.1 Å². The Bertz CT molecular complexity index is 646. The number of benzene rings is 1. The molecule has 0 radical (unpaired) electrons. The van der Waals surface area contributed by atoms with Gasteiger partial charge in [-0.3, -0.25) is 0 Å². The standard InChI is InChI=1S/C15H16Cl2F2O2S/c1-9-8-22-15-10(9)11(18)13(20-6-2-4-16)14(12(15)19)21-7-3-5-17/h8H,2-7H2,1H3. The van der Waals surface area contributed by atoms with Crippen LogP contribution in [0, 0.1) is 18.6 Å². The van der Waals surface area contributed by atoms with Crippen molar-refractivity contribution < 1.29 is 18.3 Å². The van der Waals surface area contributed by atoms with E-state index in [1.54, 1.807) is 12.3 Å². The van der Waals surface area contributed by atoms with Gasteiger partial charge in [-0.1, -0.05) is 0 Å². The molecule has 0 spiro atoms. The van der Waals surface area contributed by atoms with E-state index in [2.05, 4.69) is 0 Å². The molecule has 0 N–H and O–H groups in total. The summed E-state index contributed by atoms with van der Waals surface area (Å²) in [5, 5.41) is 1.95. The van der Waals surface area contributed by atoms with Crippen LogP contribution in [0.4, 0.5) is 8.78 Å². The second-order valence-electron chi connectivity index (χ2n) is 4.69. The molecule has 0 amide bonds. The van der Waals surface area contributed by atoms with Gasteiger partial charge in [0.05, 0.1) is 17.9 Å². The van der Waals surface area contributed by atoms with Gasteiger partial charge in [0.25, 0.3) is 0 Å². The van der Waals surface area contributed by atoms with Crippen molar-refractivity contribution in [2.75, 3.05) is 25.0 Å². The molecule has 1 heterocycles. The minimum atomic E-state index is -0.593. The number of ether oxygens (including phenoxy) is 2. The molecule has 0 aliphatic heterocycles. The minimum absolute atomic E-state index is 0.188. The lowest BCUT2D eigenvalue weighted by Crippen LogP contribution is -2.07. The number of alkyl halides is 2. The summed E-state index contributed by atoms with van der Waals surface area (Å²) in [5.74, 6) is -0.799. The highest BCUT2D eigenvalue weighted by molar-refractivity contribution is 7.17. The molecule has 2 aromatic rings. The summed E-state index contributed by atoms with van der Waals surface area (Å²) in [5.41, 5.74) is 0.672. The average molecular weight is 369 g/mol. The Kier molecular flexibility index (Phi) is 6.53. The van der Waals surface area contributed by atoms with Gasteiger partial charge in [0.2, 0.25) is 11.5 Å². The average Bonchev–Trinajstić information content (AvgIpc) is 2.89. The highest BCUT2D eigenvalue weighted by Gasteiger charge is 2.25. The largest absolute Gasteiger partial charge is 0.487 e. The van der Waals surface area contributed by atoms with Crippen LogP contribution in [0.15, 0.2) is 5.38 Å². The van der Waals surface area contributed by atoms with Gasteiger partial charge in [-0.25, -0.2) is 8.78 Å². The summed E-state index contributed by atoms with van der Waals surface area (Å²) < 4.78 is 40.4. The van der Waals surface area contributed by atoms with E-state index >= 15 is 0 Å². The van der Waals surface area contributed by atoms with Crippen LogP contribution in [0.2, 0.25) is 0 Å². The van der Waals surface area contributed by atoms with E-state index in [0.29, 0.717) is 30.2 Å². The van der Waals surface area contributed by atoms with Gasteiger partial charge < -0.3 is 9.47 Å². The van der Waals surface area contributed by atoms with Gasteiger partial charge in [-0.2, -0.15) is 0 Å². The van der Waals surface area contributed by atoms with Gasteiger partial charge in [0.15, 0.2) is 11.6 Å². The van der Waals surface area contributed by atoms with Gasteiger partial charge in [0.1, 0.15) is 0 Å². The Labute approximate surface area is 141 Å². The van der Waals surface area contributed by atoms with Crippen molar-refractivity contribution >= 4 is 44.6 Å². The molecular formula is C15H16Cl2F2O2S. The maximum absolute atomic E-state index is 14.7. The zero-order valence-electron chi connectivity index (χ0n) is 12.1. The van der Waals surface area contributed by atoms with E-state index in [4.69, 9.17) is 32.7 Å². The predicted molar refractivity (Wildman–Crippen MR) is 88.1 cm³/mol. The Morgan fingerprint density at radius 3 is 2.09 bits per heavy atom. The number of rotatable bonds is 8. The maximum atomic E-state index is 14.7. The molecule has 7 heteroatoms. The zero-order chi connectivity index (χ0) is 16.1. The Morgan fingerprint density at radius 1 is 1.00 bits per heavy atom. The first kappa shape index (κ1) is 17.6. The molecule has 0 saturated carbocycles. The number of fused-ring (bicyclic) bond motifs is 1. The molecule has 0 unspecified atom stereocenters. The van der Waals surface area contributed by atoms with Gasteiger partial charge in [-0.05, 0) is 30.7 Å². The molecule has 0 saturated heterocycles. The first-order valence-electron chi connectivity index (χ1n) is 6.88. The first-order valence-corrected chi connectivity index (χ1v) is 8.83. The zero-order valence-corrected chi connectivity index (χ0v) is 14.4. The van der Waals surface area contributed by atoms with Crippen LogP contribution in [-0.2, 0) is 0 Å². The molecule has 2 nitrogen and oxygen atoms in total. The smallest absolute Gasteiger partial charge is 0.201 e. The third kappa shape index (κ3) is 3.58. The fourth-order valence-corrected chi connectivity index (χ4v) is 3.21. The lowest BCUT2D eigenvalue weighted by molar-refractivity contribution is 0.250. The molecule has 0 bridgehead atoms. The number of halogens is 4. The summed E-state index contributed by atoms with van der Waals surface area (Å²) in [6, 6.07) is 0. The van der Waals surface area contributed by atoms with Crippen LogP contribution in [0.1, 0.15) is 18.4 Å². The van der Waals surface area contributed by atoms with Crippen LogP contribution >= 0.6 is 34.5 Å². The Morgan fingerprint density at radius 2 is 1.55 bits per heavy atom. The normalized spacial score (nSPS) is 11.1. The van der Waals surface area contributed by atoms with Crippen molar-refractivity contribution in [2.24, 2.45) is 0 Å². The SMILES string of the molecule is Cc1csc2c(F)c(OCCCCl)c(OCCCCl)c(F)c12. The number of hydrogen-bond donors (Lipinski definition) is 0. The van der Waals surface area contributed by atoms with Crippen molar-refractivity contribution in [1.82, 2.24) is 0 Å². The fourth-order valence-electron chi connectivity index (χ4n) is 2.01. The number of thiophene rings is 1. The monoisotopic (exact) mass is 368 g/mol. The maximum Gasteiger partial charge on any atom is 0.201 e. The molecule has 0 fully saturated rings. The van der Waals surface area contributed by atoms with E-state index in [0.717, 1.165) is 11.3 Å². The lowest BCUT2D eigenvalue weighted by atomic mass is 10.1. The van der Waals surface area contributed by atoms with Gasteiger partial charge >= 0.3 is 0 Å². The van der Waals surface area contributed by atoms with Crippen molar-refractivity contribution in [1.29, 1.82) is 0 Å². The topological polar surface area (TPSA) is 18.5 Å². The number of aryl methyl sites for hydroxylation is 1. The molecular weight excluding hydrogens is 353 g/mol. The van der Waals surface area contributed by atoms with Gasteiger partial charge in [-0.15, -0.1) is 34.5 Å². The lowest BCUT2D eigenvalue weighted by Gasteiger charge is -2.15. The summed E-state index contributed by atoms with van der Waals surface area (Å²) in [6.07, 6.45) is 1.07. The molecule has 22 heavy (non-hydrogen) atoms. The van der Waals surface area contributed by atoms with E-state index in [-0.39, 0.29) is 34.8 Å². The molecule has 122 valence electrons. The molecule has 2 rings (SSSR count). The van der Waals surface area contributed by atoms with Crippen LogP contribution < -0.4 is 9.47 Å². The van der Waals surface area contributed by atoms with Gasteiger partial charge in [0, 0.05) is 17.1 Å². The second-order valence-corrected chi connectivity index (χ2v) is 6.33. The molecule has 0 aliphatic rings. The highest BCUT2D eigenvalue weighted by Crippen LogP contribution is 2.43. The number of hydrogen-bond acceptors (Lipinski definition) is 3. The van der Waals surface area contributed by atoms with E-state index in [9.17, 15) is 8.78 Å². The predicted octanol–water partition coefficient (Wildman–Crippen LogP) is 5.50. The van der Waals surface area contributed by atoms with E-state index in [1.807, 2.05) is 0 Å². The van der Waals surface area contributed by atoms with Crippen LogP contribution in [0.5, 0.6) is 11.5 Å². The second kappa shape index (κ2) is 8.18. The van der Waals surface area contributed by atoms with E-state index in [1.165, 1.54) is 0 Å². The molecule has 0 atom stereocenters. The molecule has 0 aliphatic carbocycles. The van der Waals surface area contributed by atoms with Crippen LogP contribution in [-0.4, -0.2) is 25.0 Å². The molecule has 1 aromatic heterocycles. The fraction of sp³-hybridized carbons (Fsp3) is 0.467. The van der Waals surface area contributed by atoms with Crippen molar-refractivity contribution in [2.45, 2.75) is 19.8 Å². The Hall–Kier alpha value is -0.780. The Balaban J connectivity index is 2.46. The van der Waals surface area contributed by atoms with Crippen molar-refractivity contribution in [3.05, 3.63) is 22.6 Å². The quantitative estimate of drug-likeness (QED) is 0.452. The highest BCUT2D eigenvalue weighted by atomic mass is 35.5. The van der Waals surface area contributed by atoms with Crippen molar-refractivity contribution in [3.8, 4) is 11.5 Å². The van der Waals surface area contributed by atoms with Crippen LogP contribution in [0.3, 0.4) is 0 Å². The summed E-state index contributed by atoms with van der Waals surface area (Å²) in [4.78, 5) is 0. The third-order valence-electron chi connectivity index (χ3n) is 3.05. The third-order valence-corrected chi connectivity index (χ3v) is 4.67. The van der Waals surface area contributed by atoms with Crippen molar-refractivity contribution in [3.63, 3.8) is 0 Å². The first-order chi connectivity index (χ1) is 10.6. The minimum Gasteiger partial charge on any atom is -0.487 e. The molecule has 1 aromatic carbocycles. The van der Waals surface area contributed by atoms with E-state index < -0.39 is 11.6 Å². The summed E-state index contributed by atoms with van der Waals surface area (Å²) in [6.45, 7) is 2.12.